The molecule has 0 aliphatic heterocycles. The molecule has 4 rings (SSSR count). The van der Waals surface area contributed by atoms with E-state index in [2.05, 4.69) is 16.2 Å². The predicted octanol–water partition coefficient (Wildman–Crippen LogP) is 3.99. The number of para-hydroxylation sites is 1. The van der Waals surface area contributed by atoms with E-state index >= 15 is 0 Å². The van der Waals surface area contributed by atoms with E-state index in [1.807, 2.05) is 44.2 Å². The van der Waals surface area contributed by atoms with Gasteiger partial charge in [-0.1, -0.05) is 35.1 Å². The highest BCUT2D eigenvalue weighted by molar-refractivity contribution is 7.98. The van der Waals surface area contributed by atoms with Gasteiger partial charge in [0.15, 0.2) is 11.0 Å². The Morgan fingerprint density at radius 3 is 2.48 bits per heavy atom. The molecule has 0 bridgehead atoms. The van der Waals surface area contributed by atoms with Gasteiger partial charge in [-0.2, -0.15) is 4.98 Å². The van der Waals surface area contributed by atoms with Crippen molar-refractivity contribution in [2.75, 3.05) is 0 Å². The molecular weight excluding hydrogens is 360 g/mol. The highest BCUT2D eigenvalue weighted by atomic mass is 32.2. The molecule has 2 aromatic heterocycles. The second kappa shape index (κ2) is 7.00. The molecule has 4 aromatic rings. The maximum absolute atomic E-state index is 13.2. The zero-order chi connectivity index (χ0) is 19.0. The lowest BCUT2D eigenvalue weighted by molar-refractivity contribution is 0.387. The van der Waals surface area contributed by atoms with Crippen LogP contribution in [0.1, 0.15) is 22.8 Å². The SMILES string of the molecule is Cc1cc(C)cc(-n2c(SCc3nc(C)no3)nc3ccccc3c2=O)c1. The molecule has 2 heterocycles. The van der Waals surface area contributed by atoms with Gasteiger partial charge in [0.05, 0.1) is 22.3 Å². The van der Waals surface area contributed by atoms with Gasteiger partial charge in [-0.05, 0) is 56.2 Å². The minimum absolute atomic E-state index is 0.0881. The molecule has 0 saturated carbocycles. The van der Waals surface area contributed by atoms with Gasteiger partial charge in [0.25, 0.3) is 5.56 Å². The molecule has 7 heteroatoms. The van der Waals surface area contributed by atoms with Crippen LogP contribution in [0.15, 0.2) is 56.9 Å². The number of hydrogen-bond donors (Lipinski definition) is 0. The first-order chi connectivity index (χ1) is 13.0. The minimum atomic E-state index is -0.0881. The third-order valence-electron chi connectivity index (χ3n) is 4.10. The summed E-state index contributed by atoms with van der Waals surface area (Å²) in [5, 5.41) is 5.00. The second-order valence-electron chi connectivity index (χ2n) is 6.42. The third-order valence-corrected chi connectivity index (χ3v) is 5.03. The predicted molar refractivity (Wildman–Crippen MR) is 105 cm³/mol. The first-order valence-corrected chi connectivity index (χ1v) is 9.52. The molecule has 0 N–H and O–H groups in total. The number of hydrogen-bond acceptors (Lipinski definition) is 6. The Labute approximate surface area is 160 Å². The van der Waals surface area contributed by atoms with E-state index in [4.69, 9.17) is 9.51 Å². The van der Waals surface area contributed by atoms with E-state index in [1.165, 1.54) is 11.8 Å². The fourth-order valence-electron chi connectivity index (χ4n) is 3.04. The second-order valence-corrected chi connectivity index (χ2v) is 7.36. The van der Waals surface area contributed by atoms with Crippen molar-refractivity contribution in [3.05, 3.63) is 75.7 Å². The van der Waals surface area contributed by atoms with E-state index in [0.29, 0.717) is 33.5 Å². The first kappa shape index (κ1) is 17.5. The molecule has 0 unspecified atom stereocenters. The standard InChI is InChI=1S/C20H18N4O2S/c1-12-8-13(2)10-15(9-12)24-19(25)16-6-4-5-7-17(16)22-20(24)27-11-18-21-14(3)23-26-18/h4-10H,11H2,1-3H3. The zero-order valence-corrected chi connectivity index (χ0v) is 16.1. The number of fused-ring (bicyclic) bond motifs is 1. The maximum Gasteiger partial charge on any atom is 0.266 e. The fourth-order valence-corrected chi connectivity index (χ4v) is 3.89. The lowest BCUT2D eigenvalue weighted by Crippen LogP contribution is -2.22. The fraction of sp³-hybridized carbons (Fsp3) is 0.200. The molecular formula is C20H18N4O2S. The van der Waals surface area contributed by atoms with Crippen LogP contribution in [0.4, 0.5) is 0 Å². The largest absolute Gasteiger partial charge is 0.338 e. The molecule has 0 fully saturated rings. The van der Waals surface area contributed by atoms with Crippen molar-refractivity contribution in [1.82, 2.24) is 19.7 Å². The minimum Gasteiger partial charge on any atom is -0.338 e. The number of aryl methyl sites for hydroxylation is 3. The van der Waals surface area contributed by atoms with Crippen molar-refractivity contribution in [1.29, 1.82) is 0 Å². The number of rotatable bonds is 4. The Morgan fingerprint density at radius 1 is 1.04 bits per heavy atom. The Kier molecular flexibility index (Phi) is 4.53. The highest BCUT2D eigenvalue weighted by Gasteiger charge is 2.15. The molecule has 0 aliphatic rings. The number of aromatic nitrogens is 4. The summed E-state index contributed by atoms with van der Waals surface area (Å²) in [6.45, 7) is 5.81. The van der Waals surface area contributed by atoms with E-state index < -0.39 is 0 Å². The average Bonchev–Trinajstić information content (AvgIpc) is 3.04. The molecule has 27 heavy (non-hydrogen) atoms. The van der Waals surface area contributed by atoms with Gasteiger partial charge in [0.1, 0.15) is 0 Å². The van der Waals surface area contributed by atoms with E-state index in [9.17, 15) is 4.79 Å². The zero-order valence-electron chi connectivity index (χ0n) is 15.3. The monoisotopic (exact) mass is 378 g/mol. The van der Waals surface area contributed by atoms with Crippen molar-refractivity contribution in [2.45, 2.75) is 31.7 Å². The van der Waals surface area contributed by atoms with Crippen molar-refractivity contribution >= 4 is 22.7 Å². The summed E-state index contributed by atoms with van der Waals surface area (Å²) < 4.78 is 6.85. The Morgan fingerprint density at radius 2 is 1.78 bits per heavy atom. The van der Waals surface area contributed by atoms with Crippen LogP contribution in [-0.4, -0.2) is 19.7 Å². The molecule has 0 amide bonds. The van der Waals surface area contributed by atoms with Crippen molar-refractivity contribution < 1.29 is 4.52 Å². The first-order valence-electron chi connectivity index (χ1n) is 8.54. The Bertz CT molecular complexity index is 1180. The van der Waals surface area contributed by atoms with Crippen LogP contribution < -0.4 is 5.56 Å². The van der Waals surface area contributed by atoms with E-state index in [1.54, 1.807) is 17.6 Å². The molecule has 0 radical (unpaired) electrons. The van der Waals surface area contributed by atoms with Gasteiger partial charge in [0, 0.05) is 0 Å². The number of benzene rings is 2. The van der Waals surface area contributed by atoms with Crippen molar-refractivity contribution in [2.24, 2.45) is 0 Å². The van der Waals surface area contributed by atoms with Gasteiger partial charge < -0.3 is 4.52 Å². The Hall–Kier alpha value is -2.93. The van der Waals surface area contributed by atoms with Crippen LogP contribution >= 0.6 is 11.8 Å². The van der Waals surface area contributed by atoms with Crippen LogP contribution in [0.3, 0.4) is 0 Å². The summed E-state index contributed by atoms with van der Waals surface area (Å²) in [5.74, 6) is 1.53. The van der Waals surface area contributed by atoms with Crippen LogP contribution in [0.5, 0.6) is 0 Å². The molecule has 6 nitrogen and oxygen atoms in total. The van der Waals surface area contributed by atoms with Crippen molar-refractivity contribution in [3.63, 3.8) is 0 Å². The quantitative estimate of drug-likeness (QED) is 0.395. The summed E-state index contributed by atoms with van der Waals surface area (Å²) in [6.07, 6.45) is 0. The average molecular weight is 378 g/mol. The number of nitrogens with zero attached hydrogens (tertiary/aromatic N) is 4. The topological polar surface area (TPSA) is 73.8 Å². The van der Waals surface area contributed by atoms with Crippen LogP contribution in [0, 0.1) is 20.8 Å². The molecule has 2 aromatic carbocycles. The maximum atomic E-state index is 13.2. The molecule has 136 valence electrons. The molecule has 0 atom stereocenters. The lowest BCUT2D eigenvalue weighted by atomic mass is 10.1. The van der Waals surface area contributed by atoms with Crippen molar-refractivity contribution in [3.8, 4) is 5.69 Å². The van der Waals surface area contributed by atoms with Crippen LogP contribution in [-0.2, 0) is 5.75 Å². The summed E-state index contributed by atoms with van der Waals surface area (Å²) in [6, 6.07) is 13.5. The summed E-state index contributed by atoms with van der Waals surface area (Å²) in [4.78, 5) is 22.2. The van der Waals surface area contributed by atoms with Gasteiger partial charge in [-0.25, -0.2) is 4.98 Å². The molecule has 0 saturated heterocycles. The Balaban J connectivity index is 1.88. The normalized spacial score (nSPS) is 11.2. The third kappa shape index (κ3) is 3.50. The van der Waals surface area contributed by atoms with E-state index in [0.717, 1.165) is 16.8 Å². The number of thioether (sulfide) groups is 1. The summed E-state index contributed by atoms with van der Waals surface area (Å²) in [5.41, 5.74) is 3.57. The van der Waals surface area contributed by atoms with E-state index in [-0.39, 0.29) is 5.56 Å². The van der Waals surface area contributed by atoms with Gasteiger partial charge in [-0.3, -0.25) is 9.36 Å². The summed E-state index contributed by atoms with van der Waals surface area (Å²) >= 11 is 1.40. The van der Waals surface area contributed by atoms with Gasteiger partial charge in [0.2, 0.25) is 5.89 Å². The highest BCUT2D eigenvalue weighted by Crippen LogP contribution is 2.25. The van der Waals surface area contributed by atoms with Gasteiger partial charge in [-0.15, -0.1) is 0 Å². The van der Waals surface area contributed by atoms with Crippen LogP contribution in [0.25, 0.3) is 16.6 Å². The molecule has 0 aliphatic carbocycles. The smallest absolute Gasteiger partial charge is 0.266 e. The van der Waals surface area contributed by atoms with Crippen LogP contribution in [0.2, 0.25) is 0 Å². The lowest BCUT2D eigenvalue weighted by Gasteiger charge is -2.14. The summed E-state index contributed by atoms with van der Waals surface area (Å²) in [7, 11) is 0. The van der Waals surface area contributed by atoms with Gasteiger partial charge >= 0.3 is 0 Å². The molecule has 0 spiro atoms.